The van der Waals surface area contributed by atoms with Gasteiger partial charge in [0.2, 0.25) is 15.9 Å². The Morgan fingerprint density at radius 3 is 2.37 bits per heavy atom. The first-order chi connectivity index (χ1) is 14.1. The van der Waals surface area contributed by atoms with Crippen LogP contribution in [0.5, 0.6) is 0 Å². The Bertz CT molecular complexity index is 1060. The smallest absolute Gasteiger partial charge is 0.339 e. The van der Waals surface area contributed by atoms with E-state index in [1.165, 1.54) is 24.3 Å². The van der Waals surface area contributed by atoms with Crippen molar-refractivity contribution < 1.29 is 35.9 Å². The van der Waals surface area contributed by atoms with E-state index in [0.29, 0.717) is 12.5 Å². The summed E-state index contributed by atoms with van der Waals surface area (Å²) in [5.74, 6) is -6.66. The first-order valence-electron chi connectivity index (χ1n) is 8.74. The fourth-order valence-corrected chi connectivity index (χ4v) is 4.28. The zero-order valence-electron chi connectivity index (χ0n) is 16.1. The zero-order valence-corrected chi connectivity index (χ0v) is 16.9. The van der Waals surface area contributed by atoms with Gasteiger partial charge in [-0.25, -0.2) is 26.4 Å². The maximum atomic E-state index is 13.8. The second-order valence-corrected chi connectivity index (χ2v) is 8.00. The molecular weight excluding hydrogens is 425 g/mol. The van der Waals surface area contributed by atoms with Crippen molar-refractivity contribution in [3.63, 3.8) is 0 Å². The number of anilines is 1. The van der Waals surface area contributed by atoms with Crippen LogP contribution in [0.1, 0.15) is 23.7 Å². The number of halogens is 3. The quantitative estimate of drug-likeness (QED) is 0.499. The lowest BCUT2D eigenvalue weighted by Gasteiger charge is -2.22. The third-order valence-electron chi connectivity index (χ3n) is 4.01. The number of ether oxygens (including phenoxy) is 1. The molecule has 7 nitrogen and oxygen atoms in total. The Labute approximate surface area is 171 Å². The van der Waals surface area contributed by atoms with Crippen LogP contribution in [-0.4, -0.2) is 44.8 Å². The van der Waals surface area contributed by atoms with Gasteiger partial charge < -0.3 is 10.1 Å². The molecule has 0 aliphatic carbocycles. The Morgan fingerprint density at radius 1 is 1.07 bits per heavy atom. The zero-order chi connectivity index (χ0) is 22.5. The summed E-state index contributed by atoms with van der Waals surface area (Å²) in [6.45, 7) is 0.831. The van der Waals surface area contributed by atoms with E-state index in [1.54, 1.807) is 6.92 Å². The maximum Gasteiger partial charge on any atom is 0.339 e. The number of sulfonamides is 1. The molecule has 30 heavy (non-hydrogen) atoms. The number of benzene rings is 2. The van der Waals surface area contributed by atoms with Gasteiger partial charge >= 0.3 is 5.97 Å². The summed E-state index contributed by atoms with van der Waals surface area (Å²) in [4.78, 5) is 23.9. The molecule has 0 aliphatic heterocycles. The number of methoxy groups -OCH3 is 1. The monoisotopic (exact) mass is 444 g/mol. The van der Waals surface area contributed by atoms with E-state index in [-0.39, 0.29) is 17.0 Å². The molecule has 0 saturated heterocycles. The van der Waals surface area contributed by atoms with Crippen LogP contribution < -0.4 is 5.32 Å². The molecule has 0 radical (unpaired) electrons. The van der Waals surface area contributed by atoms with Gasteiger partial charge in [-0.1, -0.05) is 19.1 Å². The highest BCUT2D eigenvalue weighted by Crippen LogP contribution is 2.23. The highest BCUT2D eigenvalue weighted by atomic mass is 32.2. The van der Waals surface area contributed by atoms with Gasteiger partial charge in [-0.2, -0.15) is 4.31 Å². The van der Waals surface area contributed by atoms with Crippen LogP contribution in [0.3, 0.4) is 0 Å². The molecule has 0 unspecified atom stereocenters. The van der Waals surface area contributed by atoms with E-state index in [1.807, 2.05) is 5.32 Å². The largest absolute Gasteiger partial charge is 0.465 e. The highest BCUT2D eigenvalue weighted by molar-refractivity contribution is 7.89. The standard InChI is InChI=1S/C19H19F3N2O5S/c1-3-10-24(11-16(25)23-14-9-8-13(20)17(21)18(14)22)30(27,28)15-7-5-4-6-12(15)19(26)29-2/h4-9H,3,10-11H2,1-2H3,(H,23,25). The van der Waals surface area contributed by atoms with Crippen molar-refractivity contribution in [3.05, 3.63) is 59.4 Å². The van der Waals surface area contributed by atoms with Crippen molar-refractivity contribution in [1.29, 1.82) is 0 Å². The predicted molar refractivity (Wildman–Crippen MR) is 102 cm³/mol. The first kappa shape index (κ1) is 23.4. The second kappa shape index (κ2) is 9.72. The number of amides is 1. The maximum absolute atomic E-state index is 13.8. The molecule has 1 amide bonds. The van der Waals surface area contributed by atoms with Crippen LogP contribution in [-0.2, 0) is 19.6 Å². The summed E-state index contributed by atoms with van der Waals surface area (Å²) in [5, 5.41) is 2.02. The summed E-state index contributed by atoms with van der Waals surface area (Å²) >= 11 is 0. The molecule has 162 valence electrons. The number of carbonyl (C=O) groups is 2. The predicted octanol–water partition coefficient (Wildman–Crippen LogP) is 2.93. The van der Waals surface area contributed by atoms with Crippen LogP contribution in [0.15, 0.2) is 41.3 Å². The number of hydrogen-bond donors (Lipinski definition) is 1. The van der Waals surface area contributed by atoms with E-state index >= 15 is 0 Å². The molecule has 0 bridgehead atoms. The van der Waals surface area contributed by atoms with Gasteiger partial charge in [0.05, 0.1) is 29.8 Å². The van der Waals surface area contributed by atoms with Crippen molar-refractivity contribution >= 4 is 27.6 Å². The third-order valence-corrected chi connectivity index (χ3v) is 5.92. The molecule has 2 rings (SSSR count). The number of hydrogen-bond acceptors (Lipinski definition) is 5. The molecule has 1 N–H and O–H groups in total. The topological polar surface area (TPSA) is 92.8 Å². The van der Waals surface area contributed by atoms with E-state index in [4.69, 9.17) is 0 Å². The van der Waals surface area contributed by atoms with Crippen LogP contribution >= 0.6 is 0 Å². The van der Waals surface area contributed by atoms with Crippen LogP contribution in [0.25, 0.3) is 0 Å². The van der Waals surface area contributed by atoms with Crippen LogP contribution in [0.4, 0.5) is 18.9 Å². The van der Waals surface area contributed by atoms with Crippen LogP contribution in [0, 0.1) is 17.5 Å². The minimum Gasteiger partial charge on any atom is -0.465 e. The third kappa shape index (κ3) is 4.97. The summed E-state index contributed by atoms with van der Waals surface area (Å²) in [7, 11) is -3.22. The van der Waals surface area contributed by atoms with Crippen molar-refractivity contribution in [2.75, 3.05) is 25.5 Å². The lowest BCUT2D eigenvalue weighted by atomic mass is 10.2. The lowest BCUT2D eigenvalue weighted by molar-refractivity contribution is -0.116. The van der Waals surface area contributed by atoms with Crippen LogP contribution in [0.2, 0.25) is 0 Å². The molecule has 0 spiro atoms. The Hall–Kier alpha value is -2.92. The molecule has 0 atom stereocenters. The van der Waals surface area contributed by atoms with Gasteiger partial charge in [-0.15, -0.1) is 0 Å². The van der Waals surface area contributed by atoms with Crippen molar-refractivity contribution in [1.82, 2.24) is 4.31 Å². The fraction of sp³-hybridized carbons (Fsp3) is 0.263. The molecule has 2 aromatic rings. The molecule has 2 aromatic carbocycles. The van der Waals surface area contributed by atoms with Crippen molar-refractivity contribution in [2.24, 2.45) is 0 Å². The van der Waals surface area contributed by atoms with Crippen molar-refractivity contribution in [2.45, 2.75) is 18.2 Å². The van der Waals surface area contributed by atoms with Gasteiger partial charge in [0.1, 0.15) is 0 Å². The molecule has 0 fully saturated rings. The minimum atomic E-state index is -4.32. The molecule has 0 aliphatic rings. The number of carbonyl (C=O) groups excluding carboxylic acids is 2. The summed E-state index contributed by atoms with van der Waals surface area (Å²) in [6, 6.07) is 6.75. The Balaban J connectivity index is 2.33. The minimum absolute atomic E-state index is 0.0917. The first-order valence-corrected chi connectivity index (χ1v) is 10.2. The lowest BCUT2D eigenvalue weighted by Crippen LogP contribution is -2.39. The van der Waals surface area contributed by atoms with Gasteiger partial charge in [-0.05, 0) is 30.7 Å². The van der Waals surface area contributed by atoms with E-state index in [2.05, 4.69) is 4.74 Å². The fourth-order valence-electron chi connectivity index (χ4n) is 2.62. The summed E-state index contributed by atoms with van der Waals surface area (Å²) in [6.07, 6.45) is 0.326. The molecule has 0 heterocycles. The van der Waals surface area contributed by atoms with Gasteiger partial charge in [0.25, 0.3) is 0 Å². The van der Waals surface area contributed by atoms with E-state index < -0.39 is 51.6 Å². The normalized spacial score (nSPS) is 11.4. The van der Waals surface area contributed by atoms with Gasteiger partial charge in [0, 0.05) is 6.54 Å². The number of esters is 1. The number of nitrogens with zero attached hydrogens (tertiary/aromatic N) is 1. The van der Waals surface area contributed by atoms with Crippen molar-refractivity contribution in [3.8, 4) is 0 Å². The van der Waals surface area contributed by atoms with E-state index in [9.17, 15) is 31.2 Å². The van der Waals surface area contributed by atoms with E-state index in [0.717, 1.165) is 17.5 Å². The highest BCUT2D eigenvalue weighted by Gasteiger charge is 2.30. The Kier molecular flexibility index (Phi) is 7.57. The second-order valence-electron chi connectivity index (χ2n) is 6.10. The SMILES string of the molecule is CCCN(CC(=O)Nc1ccc(F)c(F)c1F)S(=O)(=O)c1ccccc1C(=O)OC. The number of nitrogens with one attached hydrogen (secondary N) is 1. The molecular formula is C19H19F3N2O5S. The van der Waals surface area contributed by atoms with Gasteiger partial charge in [-0.3, -0.25) is 4.79 Å². The molecule has 11 heteroatoms. The molecule has 0 saturated carbocycles. The average Bonchev–Trinajstić information content (AvgIpc) is 2.73. The number of rotatable bonds is 8. The average molecular weight is 444 g/mol. The molecule has 0 aromatic heterocycles. The summed E-state index contributed by atoms with van der Waals surface area (Å²) in [5.41, 5.74) is -0.851. The van der Waals surface area contributed by atoms with Gasteiger partial charge in [0.15, 0.2) is 17.5 Å². The Morgan fingerprint density at radius 2 is 1.73 bits per heavy atom. The summed E-state index contributed by atoms with van der Waals surface area (Å²) < 4.78 is 71.7.